The van der Waals surface area contributed by atoms with Gasteiger partial charge in [0.15, 0.2) is 0 Å². The van der Waals surface area contributed by atoms with E-state index in [4.69, 9.17) is 16.3 Å². The van der Waals surface area contributed by atoms with E-state index in [9.17, 15) is 9.59 Å². The fourth-order valence-electron chi connectivity index (χ4n) is 4.09. The molecule has 0 bridgehead atoms. The summed E-state index contributed by atoms with van der Waals surface area (Å²) in [5, 5.41) is 7.47. The minimum absolute atomic E-state index is 0.126. The standard InChI is InChI=1S/C20H23ClN4O3/c1-24-10-9-20(8-7-17(24)26)11-15(13-5-3-4-6-16(13)28-20)23-19(27)18-14(21)12-22-25(18)2/h3-6,12,15H,7-11H2,1-2H3,(H,23,27). The Labute approximate surface area is 168 Å². The summed E-state index contributed by atoms with van der Waals surface area (Å²) in [5.41, 5.74) is 0.780. The van der Waals surface area contributed by atoms with Crippen molar-refractivity contribution in [2.75, 3.05) is 13.6 Å². The first-order chi connectivity index (χ1) is 13.4. The van der Waals surface area contributed by atoms with Crippen molar-refractivity contribution in [3.8, 4) is 5.75 Å². The molecule has 8 heteroatoms. The maximum Gasteiger partial charge on any atom is 0.271 e. The third kappa shape index (κ3) is 3.35. The molecule has 0 radical (unpaired) electrons. The van der Waals surface area contributed by atoms with Crippen LogP contribution in [0.2, 0.25) is 5.02 Å². The number of likely N-dealkylation sites (tertiary alicyclic amines) is 1. The van der Waals surface area contributed by atoms with E-state index in [1.54, 1.807) is 11.9 Å². The Morgan fingerprint density at radius 2 is 2.11 bits per heavy atom. The molecule has 1 saturated heterocycles. The number of nitrogens with zero attached hydrogens (tertiary/aromatic N) is 3. The van der Waals surface area contributed by atoms with Crippen molar-refractivity contribution >= 4 is 23.4 Å². The minimum Gasteiger partial charge on any atom is -0.487 e. The van der Waals surface area contributed by atoms with Crippen molar-refractivity contribution in [3.63, 3.8) is 0 Å². The Hall–Kier alpha value is -2.54. The van der Waals surface area contributed by atoms with Crippen molar-refractivity contribution in [3.05, 3.63) is 46.7 Å². The van der Waals surface area contributed by atoms with Crippen LogP contribution < -0.4 is 10.1 Å². The quantitative estimate of drug-likeness (QED) is 0.837. The Kier molecular flexibility index (Phi) is 4.79. The molecule has 7 nitrogen and oxygen atoms in total. The Morgan fingerprint density at radius 1 is 1.32 bits per heavy atom. The smallest absolute Gasteiger partial charge is 0.271 e. The number of hydrogen-bond acceptors (Lipinski definition) is 4. The van der Waals surface area contributed by atoms with Gasteiger partial charge in [-0.2, -0.15) is 5.10 Å². The van der Waals surface area contributed by atoms with E-state index >= 15 is 0 Å². The van der Waals surface area contributed by atoms with Gasteiger partial charge < -0.3 is 15.0 Å². The number of aromatic nitrogens is 2. The van der Waals surface area contributed by atoms with Crippen LogP contribution >= 0.6 is 11.6 Å². The molecule has 2 aliphatic rings. The van der Waals surface area contributed by atoms with Crippen LogP contribution in [0.5, 0.6) is 5.75 Å². The van der Waals surface area contributed by atoms with E-state index in [1.165, 1.54) is 10.9 Å². The van der Waals surface area contributed by atoms with Gasteiger partial charge in [-0.1, -0.05) is 29.8 Å². The molecule has 1 spiro atoms. The van der Waals surface area contributed by atoms with E-state index in [-0.39, 0.29) is 17.9 Å². The van der Waals surface area contributed by atoms with Gasteiger partial charge in [0.25, 0.3) is 5.91 Å². The maximum absolute atomic E-state index is 12.9. The van der Waals surface area contributed by atoms with Crippen molar-refractivity contribution in [2.45, 2.75) is 37.3 Å². The molecule has 1 fully saturated rings. The SMILES string of the molecule is CN1CCC2(CCC1=O)CC(NC(=O)c1c(Cl)cnn1C)c1ccccc1O2. The second-order valence-corrected chi connectivity index (χ2v) is 7.99. The van der Waals surface area contributed by atoms with Gasteiger partial charge >= 0.3 is 0 Å². The van der Waals surface area contributed by atoms with Crippen molar-refractivity contribution in [1.29, 1.82) is 0 Å². The van der Waals surface area contributed by atoms with Crippen LogP contribution in [0.4, 0.5) is 0 Å². The lowest BCUT2D eigenvalue weighted by atomic mass is 9.82. The van der Waals surface area contributed by atoms with Crippen LogP contribution in [0.15, 0.2) is 30.5 Å². The largest absolute Gasteiger partial charge is 0.487 e. The van der Waals surface area contributed by atoms with Gasteiger partial charge in [-0.25, -0.2) is 0 Å². The van der Waals surface area contributed by atoms with Gasteiger partial charge in [-0.3, -0.25) is 14.3 Å². The highest BCUT2D eigenvalue weighted by Gasteiger charge is 2.43. The zero-order chi connectivity index (χ0) is 19.9. The number of ether oxygens (including phenoxy) is 1. The first-order valence-electron chi connectivity index (χ1n) is 9.39. The summed E-state index contributed by atoms with van der Waals surface area (Å²) >= 11 is 6.14. The second kappa shape index (κ2) is 7.13. The highest BCUT2D eigenvalue weighted by atomic mass is 35.5. The number of aryl methyl sites for hydroxylation is 1. The van der Waals surface area contributed by atoms with Gasteiger partial charge in [0.1, 0.15) is 17.0 Å². The number of fused-ring (bicyclic) bond motifs is 1. The summed E-state index contributed by atoms with van der Waals surface area (Å²) in [6.07, 6.45) is 3.85. The van der Waals surface area contributed by atoms with E-state index in [2.05, 4.69) is 10.4 Å². The highest BCUT2D eigenvalue weighted by Crippen LogP contribution is 2.44. The average Bonchev–Trinajstić information content (AvgIpc) is 2.96. The normalized spacial score (nSPS) is 24.5. The van der Waals surface area contributed by atoms with Crippen LogP contribution in [0, 0.1) is 0 Å². The predicted molar refractivity (Wildman–Crippen MR) is 104 cm³/mol. The predicted octanol–water partition coefficient (Wildman–Crippen LogP) is 2.71. The fourth-order valence-corrected chi connectivity index (χ4v) is 4.34. The zero-order valence-corrected chi connectivity index (χ0v) is 16.7. The number of carbonyl (C=O) groups is 2. The second-order valence-electron chi connectivity index (χ2n) is 7.58. The molecule has 2 amide bonds. The number of hydrogen-bond donors (Lipinski definition) is 1. The summed E-state index contributed by atoms with van der Waals surface area (Å²) in [7, 11) is 3.51. The molecule has 3 heterocycles. The number of halogens is 1. The highest BCUT2D eigenvalue weighted by molar-refractivity contribution is 6.33. The fraction of sp³-hybridized carbons (Fsp3) is 0.450. The molecular weight excluding hydrogens is 380 g/mol. The molecule has 2 aromatic rings. The summed E-state index contributed by atoms with van der Waals surface area (Å²) in [6.45, 7) is 0.634. The number of rotatable bonds is 2. The topological polar surface area (TPSA) is 76.5 Å². The number of amides is 2. The number of benzene rings is 1. The van der Waals surface area contributed by atoms with E-state index in [1.807, 2.05) is 31.3 Å². The Morgan fingerprint density at radius 3 is 2.86 bits per heavy atom. The number of para-hydroxylation sites is 1. The monoisotopic (exact) mass is 402 g/mol. The van der Waals surface area contributed by atoms with E-state index in [0.29, 0.717) is 36.5 Å². The lowest BCUT2D eigenvalue weighted by molar-refractivity contribution is -0.129. The summed E-state index contributed by atoms with van der Waals surface area (Å²) in [4.78, 5) is 26.8. The Bertz CT molecular complexity index is 908. The summed E-state index contributed by atoms with van der Waals surface area (Å²) in [6, 6.07) is 7.50. The number of nitrogens with one attached hydrogen (secondary N) is 1. The van der Waals surface area contributed by atoms with E-state index in [0.717, 1.165) is 17.7 Å². The molecule has 1 aromatic carbocycles. The zero-order valence-electron chi connectivity index (χ0n) is 15.9. The van der Waals surface area contributed by atoms with Crippen LogP contribution in [0.1, 0.15) is 47.8 Å². The van der Waals surface area contributed by atoms with Gasteiger partial charge in [-0.15, -0.1) is 0 Å². The molecule has 0 aliphatic carbocycles. The Balaban J connectivity index is 1.64. The molecular formula is C20H23ClN4O3. The molecule has 28 heavy (non-hydrogen) atoms. The lowest BCUT2D eigenvalue weighted by Crippen LogP contribution is -2.46. The molecule has 4 rings (SSSR count). The van der Waals surface area contributed by atoms with Gasteiger partial charge in [0, 0.05) is 45.5 Å². The minimum atomic E-state index is -0.483. The van der Waals surface area contributed by atoms with Crippen LogP contribution in [-0.2, 0) is 11.8 Å². The molecule has 0 saturated carbocycles. The van der Waals surface area contributed by atoms with Crippen LogP contribution in [-0.4, -0.2) is 45.7 Å². The lowest BCUT2D eigenvalue weighted by Gasteiger charge is -2.42. The molecule has 1 aromatic heterocycles. The van der Waals surface area contributed by atoms with Gasteiger partial charge in [-0.05, 0) is 12.5 Å². The average molecular weight is 403 g/mol. The van der Waals surface area contributed by atoms with Crippen molar-refractivity contribution < 1.29 is 14.3 Å². The summed E-state index contributed by atoms with van der Waals surface area (Å²) < 4.78 is 7.88. The first-order valence-corrected chi connectivity index (χ1v) is 9.77. The van der Waals surface area contributed by atoms with Crippen LogP contribution in [0.3, 0.4) is 0 Å². The van der Waals surface area contributed by atoms with Crippen LogP contribution in [0.25, 0.3) is 0 Å². The molecule has 1 N–H and O–H groups in total. The maximum atomic E-state index is 12.9. The van der Waals surface area contributed by atoms with Gasteiger partial charge in [0.05, 0.1) is 17.3 Å². The molecule has 2 aliphatic heterocycles. The first kappa shape index (κ1) is 18.8. The molecule has 2 atom stereocenters. The van der Waals surface area contributed by atoms with E-state index < -0.39 is 5.60 Å². The van der Waals surface area contributed by atoms with Gasteiger partial charge in [0.2, 0.25) is 5.91 Å². The van der Waals surface area contributed by atoms with Crippen molar-refractivity contribution in [2.24, 2.45) is 7.05 Å². The number of carbonyl (C=O) groups excluding carboxylic acids is 2. The summed E-state index contributed by atoms with van der Waals surface area (Å²) in [5.74, 6) is 0.609. The third-order valence-electron chi connectivity index (χ3n) is 5.73. The third-order valence-corrected chi connectivity index (χ3v) is 6.01. The van der Waals surface area contributed by atoms with Crippen molar-refractivity contribution in [1.82, 2.24) is 20.0 Å². The molecule has 148 valence electrons. The molecule has 2 unspecified atom stereocenters.